The number of para-hydroxylation sites is 1. The Kier molecular flexibility index (Phi) is 7.48. The van der Waals surface area contributed by atoms with Gasteiger partial charge in [-0.3, -0.25) is 9.59 Å². The van der Waals surface area contributed by atoms with Crippen molar-refractivity contribution in [2.75, 3.05) is 33.3 Å². The second-order valence-corrected chi connectivity index (χ2v) is 8.94. The first-order chi connectivity index (χ1) is 16.1. The SMILES string of the molecule is CCN1CCN(C(=O)[C@@H]2CC=CCC2)C[C@H](Cc2ccccc2-c2ccccc2OC)C1=O. The quantitative estimate of drug-likeness (QED) is 0.611. The number of allylic oxidation sites excluding steroid dienone is 2. The van der Waals surface area contributed by atoms with E-state index in [1.807, 2.05) is 47.1 Å². The summed E-state index contributed by atoms with van der Waals surface area (Å²) in [6, 6.07) is 16.2. The van der Waals surface area contributed by atoms with Crippen molar-refractivity contribution in [3.8, 4) is 16.9 Å². The first-order valence-electron chi connectivity index (χ1n) is 12.1. The molecule has 0 saturated carbocycles. The molecular weight excluding hydrogens is 412 g/mol. The van der Waals surface area contributed by atoms with Crippen molar-refractivity contribution >= 4 is 11.8 Å². The number of ether oxygens (including phenoxy) is 1. The molecule has 5 heteroatoms. The summed E-state index contributed by atoms with van der Waals surface area (Å²) < 4.78 is 5.60. The number of benzene rings is 2. The van der Waals surface area contributed by atoms with Crippen LogP contribution in [0.2, 0.25) is 0 Å². The fourth-order valence-electron chi connectivity index (χ4n) is 5.08. The van der Waals surface area contributed by atoms with Gasteiger partial charge in [-0.15, -0.1) is 0 Å². The molecule has 0 aromatic heterocycles. The van der Waals surface area contributed by atoms with Crippen LogP contribution >= 0.6 is 0 Å². The van der Waals surface area contributed by atoms with Gasteiger partial charge in [0.15, 0.2) is 0 Å². The maximum absolute atomic E-state index is 13.4. The first kappa shape index (κ1) is 23.1. The van der Waals surface area contributed by atoms with E-state index in [4.69, 9.17) is 4.74 Å². The Morgan fingerprint density at radius 3 is 2.52 bits per heavy atom. The monoisotopic (exact) mass is 446 g/mol. The van der Waals surface area contributed by atoms with E-state index in [-0.39, 0.29) is 23.7 Å². The van der Waals surface area contributed by atoms with Crippen molar-refractivity contribution in [3.63, 3.8) is 0 Å². The van der Waals surface area contributed by atoms with Crippen LogP contribution in [-0.2, 0) is 16.0 Å². The predicted molar refractivity (Wildman–Crippen MR) is 131 cm³/mol. The van der Waals surface area contributed by atoms with Crippen molar-refractivity contribution < 1.29 is 14.3 Å². The van der Waals surface area contributed by atoms with E-state index in [1.165, 1.54) is 0 Å². The number of carbonyl (C=O) groups is 2. The Morgan fingerprint density at radius 2 is 1.79 bits per heavy atom. The van der Waals surface area contributed by atoms with Crippen LogP contribution in [-0.4, -0.2) is 54.9 Å². The number of hydrogen-bond acceptors (Lipinski definition) is 3. The fraction of sp³-hybridized carbons (Fsp3) is 0.429. The van der Waals surface area contributed by atoms with Crippen LogP contribution in [0.3, 0.4) is 0 Å². The van der Waals surface area contributed by atoms with Crippen molar-refractivity contribution in [3.05, 3.63) is 66.2 Å². The van der Waals surface area contributed by atoms with Gasteiger partial charge in [0, 0.05) is 37.7 Å². The maximum atomic E-state index is 13.4. The molecule has 1 saturated heterocycles. The normalized spacial score (nSPS) is 21.1. The molecule has 1 aliphatic heterocycles. The van der Waals surface area contributed by atoms with Gasteiger partial charge >= 0.3 is 0 Å². The molecule has 33 heavy (non-hydrogen) atoms. The Balaban J connectivity index is 1.62. The van der Waals surface area contributed by atoms with E-state index in [0.717, 1.165) is 41.7 Å². The second kappa shape index (κ2) is 10.7. The lowest BCUT2D eigenvalue weighted by Gasteiger charge is -2.28. The van der Waals surface area contributed by atoms with Crippen LogP contribution < -0.4 is 4.74 Å². The molecule has 2 aliphatic rings. The van der Waals surface area contributed by atoms with Gasteiger partial charge < -0.3 is 14.5 Å². The minimum absolute atomic E-state index is 0.0415. The largest absolute Gasteiger partial charge is 0.496 e. The van der Waals surface area contributed by atoms with Gasteiger partial charge in [0.2, 0.25) is 11.8 Å². The Morgan fingerprint density at radius 1 is 1.03 bits per heavy atom. The van der Waals surface area contributed by atoms with Gasteiger partial charge in [-0.25, -0.2) is 0 Å². The highest BCUT2D eigenvalue weighted by atomic mass is 16.5. The highest BCUT2D eigenvalue weighted by Gasteiger charge is 2.34. The third-order valence-electron chi connectivity index (χ3n) is 6.93. The number of methoxy groups -OCH3 is 1. The topological polar surface area (TPSA) is 49.9 Å². The van der Waals surface area contributed by atoms with Crippen LogP contribution in [0.15, 0.2) is 60.7 Å². The summed E-state index contributed by atoms with van der Waals surface area (Å²) in [6.07, 6.45) is 7.54. The highest BCUT2D eigenvalue weighted by Crippen LogP contribution is 2.34. The third kappa shape index (κ3) is 5.13. The number of hydrogen-bond donors (Lipinski definition) is 0. The lowest BCUT2D eigenvalue weighted by Crippen LogP contribution is -2.41. The zero-order valence-electron chi connectivity index (χ0n) is 19.7. The van der Waals surface area contributed by atoms with Crippen LogP contribution in [0.4, 0.5) is 0 Å². The zero-order chi connectivity index (χ0) is 23.2. The fourth-order valence-corrected chi connectivity index (χ4v) is 5.08. The molecule has 0 unspecified atom stereocenters. The summed E-state index contributed by atoms with van der Waals surface area (Å²) in [4.78, 5) is 30.6. The standard InChI is InChI=1S/C28H34N2O3/c1-3-29-17-18-30(27(31)21-11-5-4-6-12-21)20-23(28(29)32)19-22-13-7-8-14-24(22)25-15-9-10-16-26(25)33-2/h4-5,7-10,13-16,21,23H,3,6,11-12,17-20H2,1-2H3/t21-,23+/m1/s1. The molecule has 174 valence electrons. The van der Waals surface area contributed by atoms with E-state index in [9.17, 15) is 9.59 Å². The molecule has 2 aromatic carbocycles. The van der Waals surface area contributed by atoms with Crippen LogP contribution in [0.1, 0.15) is 31.7 Å². The van der Waals surface area contributed by atoms with Crippen molar-refractivity contribution in [2.45, 2.75) is 32.6 Å². The average molecular weight is 447 g/mol. The molecule has 1 aliphatic carbocycles. The molecule has 1 fully saturated rings. The van der Waals surface area contributed by atoms with Crippen molar-refractivity contribution in [1.29, 1.82) is 0 Å². The van der Waals surface area contributed by atoms with E-state index < -0.39 is 0 Å². The summed E-state index contributed by atoms with van der Waals surface area (Å²) in [7, 11) is 1.68. The average Bonchev–Trinajstić information content (AvgIpc) is 3.03. The number of likely N-dealkylation sites (N-methyl/N-ethyl adjacent to an activating group) is 1. The number of amides is 2. The van der Waals surface area contributed by atoms with Crippen molar-refractivity contribution in [1.82, 2.24) is 9.80 Å². The highest BCUT2D eigenvalue weighted by molar-refractivity contribution is 5.84. The van der Waals surface area contributed by atoms with Crippen LogP contribution in [0.25, 0.3) is 11.1 Å². The first-order valence-corrected chi connectivity index (χ1v) is 12.1. The molecule has 0 radical (unpaired) electrons. The summed E-state index contributed by atoms with van der Waals surface area (Å²) in [5, 5.41) is 0. The predicted octanol–water partition coefficient (Wildman–Crippen LogP) is 4.57. The molecule has 2 aromatic rings. The molecular formula is C28H34N2O3. The van der Waals surface area contributed by atoms with Crippen LogP contribution in [0, 0.1) is 11.8 Å². The molecule has 0 spiro atoms. The number of rotatable bonds is 6. The van der Waals surface area contributed by atoms with Gasteiger partial charge in [-0.05, 0) is 49.8 Å². The van der Waals surface area contributed by atoms with Crippen LogP contribution in [0.5, 0.6) is 5.75 Å². The molecule has 4 rings (SSSR count). The van der Waals surface area contributed by atoms with E-state index in [0.29, 0.717) is 32.6 Å². The summed E-state index contributed by atoms with van der Waals surface area (Å²) in [6.45, 7) is 4.38. The smallest absolute Gasteiger partial charge is 0.227 e. The molecule has 2 atom stereocenters. The Bertz CT molecular complexity index is 1020. The van der Waals surface area contributed by atoms with Gasteiger partial charge in [-0.2, -0.15) is 0 Å². The van der Waals surface area contributed by atoms with Gasteiger partial charge in [0.1, 0.15) is 5.75 Å². The minimum Gasteiger partial charge on any atom is -0.496 e. The lowest BCUT2D eigenvalue weighted by atomic mass is 9.90. The van der Waals surface area contributed by atoms with Crippen molar-refractivity contribution in [2.24, 2.45) is 11.8 Å². The number of nitrogens with zero attached hydrogens (tertiary/aromatic N) is 2. The van der Waals surface area contributed by atoms with Gasteiger partial charge in [0.05, 0.1) is 13.0 Å². The van der Waals surface area contributed by atoms with E-state index in [2.05, 4.69) is 30.4 Å². The maximum Gasteiger partial charge on any atom is 0.227 e. The van der Waals surface area contributed by atoms with Gasteiger partial charge in [0.25, 0.3) is 0 Å². The third-order valence-corrected chi connectivity index (χ3v) is 6.93. The molecule has 0 N–H and O–H groups in total. The molecule has 5 nitrogen and oxygen atoms in total. The van der Waals surface area contributed by atoms with Gasteiger partial charge in [-0.1, -0.05) is 54.6 Å². The zero-order valence-corrected chi connectivity index (χ0v) is 19.7. The second-order valence-electron chi connectivity index (χ2n) is 8.94. The lowest BCUT2D eigenvalue weighted by molar-refractivity contribution is -0.136. The minimum atomic E-state index is -0.258. The summed E-state index contributed by atoms with van der Waals surface area (Å²) in [5.41, 5.74) is 3.20. The Hall–Kier alpha value is -3.08. The summed E-state index contributed by atoms with van der Waals surface area (Å²) in [5.74, 6) is 0.944. The molecule has 1 heterocycles. The molecule has 2 amide bonds. The Labute approximate surface area is 197 Å². The van der Waals surface area contributed by atoms with E-state index in [1.54, 1.807) is 7.11 Å². The summed E-state index contributed by atoms with van der Waals surface area (Å²) >= 11 is 0. The van der Waals surface area contributed by atoms with E-state index >= 15 is 0 Å². The molecule has 0 bridgehead atoms. The number of carbonyl (C=O) groups excluding carboxylic acids is 2.